The first kappa shape index (κ1) is 19.1. The fourth-order valence-corrected chi connectivity index (χ4v) is 3.29. The number of rotatable bonds is 3. The smallest absolute Gasteiger partial charge is 0.309 e. The van der Waals surface area contributed by atoms with Gasteiger partial charge in [-0.1, -0.05) is 20.8 Å². The van der Waals surface area contributed by atoms with Gasteiger partial charge in [-0.2, -0.15) is 22.8 Å². The van der Waals surface area contributed by atoms with E-state index in [-0.39, 0.29) is 5.82 Å². The van der Waals surface area contributed by atoms with Gasteiger partial charge in [0.1, 0.15) is 0 Å². The minimum Gasteiger partial charge on any atom is -0.309 e. The lowest BCUT2D eigenvalue weighted by atomic mass is 9.74. The third kappa shape index (κ3) is 3.13. The minimum atomic E-state index is -4.18. The van der Waals surface area contributed by atoms with E-state index < -0.39 is 41.9 Å². The van der Waals surface area contributed by atoms with Crippen molar-refractivity contribution in [3.63, 3.8) is 0 Å². The zero-order chi connectivity index (χ0) is 20.2. The summed E-state index contributed by atoms with van der Waals surface area (Å²) >= 11 is 0. The van der Waals surface area contributed by atoms with Crippen LogP contribution >= 0.6 is 0 Å². The van der Waals surface area contributed by atoms with Crippen molar-refractivity contribution < 1.29 is 22.4 Å². The van der Waals surface area contributed by atoms with Crippen molar-refractivity contribution in [3.8, 4) is 6.07 Å². The summed E-state index contributed by atoms with van der Waals surface area (Å²) in [6.07, 6.45) is -0.181. The second-order valence-corrected chi connectivity index (χ2v) is 7.81. The van der Waals surface area contributed by atoms with Gasteiger partial charge in [-0.3, -0.25) is 4.79 Å². The molecule has 3 rings (SSSR count). The second-order valence-electron chi connectivity index (χ2n) is 7.81. The first-order valence-corrected chi connectivity index (χ1v) is 8.35. The van der Waals surface area contributed by atoms with Crippen LogP contribution in [-0.4, -0.2) is 27.4 Å². The molecule has 0 radical (unpaired) electrons. The number of halogens is 4. The van der Waals surface area contributed by atoms with E-state index >= 15 is 0 Å². The lowest BCUT2D eigenvalue weighted by Gasteiger charge is -2.43. The highest BCUT2D eigenvalue weighted by molar-refractivity contribution is 5.92. The third-order valence-electron chi connectivity index (χ3n) is 4.71. The Kier molecular flexibility index (Phi) is 4.21. The van der Waals surface area contributed by atoms with Crippen LogP contribution in [0.5, 0.6) is 0 Å². The van der Waals surface area contributed by atoms with E-state index in [0.717, 1.165) is 0 Å². The van der Waals surface area contributed by atoms with Crippen LogP contribution in [0.25, 0.3) is 5.52 Å². The van der Waals surface area contributed by atoms with Crippen LogP contribution in [0.15, 0.2) is 18.3 Å². The number of fused-ring (bicyclic) bond motifs is 1. The van der Waals surface area contributed by atoms with Crippen molar-refractivity contribution in [3.05, 3.63) is 29.5 Å². The predicted molar refractivity (Wildman–Crippen MR) is 89.9 cm³/mol. The molecule has 2 aromatic heterocycles. The minimum absolute atomic E-state index is 0.164. The van der Waals surface area contributed by atoms with Gasteiger partial charge in [0.15, 0.2) is 5.82 Å². The molecule has 0 aliphatic heterocycles. The van der Waals surface area contributed by atoms with E-state index in [9.17, 15) is 22.4 Å². The maximum Gasteiger partial charge on any atom is 0.313 e. The van der Waals surface area contributed by atoms with E-state index in [1.54, 1.807) is 18.3 Å². The van der Waals surface area contributed by atoms with E-state index in [1.165, 1.54) is 4.52 Å². The molecular weight excluding hydrogens is 364 g/mol. The van der Waals surface area contributed by atoms with Gasteiger partial charge in [0.05, 0.1) is 17.1 Å². The fraction of sp³-hybridized carbons (Fsp3) is 0.500. The average Bonchev–Trinajstić information content (AvgIpc) is 2.90. The Bertz CT molecular complexity index is 953. The molecule has 0 bridgehead atoms. The highest BCUT2D eigenvalue weighted by Crippen LogP contribution is 2.56. The van der Waals surface area contributed by atoms with Gasteiger partial charge in [0, 0.05) is 30.5 Å². The van der Waals surface area contributed by atoms with Crippen molar-refractivity contribution in [1.29, 1.82) is 5.26 Å². The van der Waals surface area contributed by atoms with Crippen LogP contribution in [0.3, 0.4) is 0 Å². The molecule has 1 amide bonds. The Morgan fingerprint density at radius 2 is 2.07 bits per heavy atom. The van der Waals surface area contributed by atoms with Crippen LogP contribution in [0.1, 0.15) is 44.7 Å². The first-order valence-electron chi connectivity index (χ1n) is 8.35. The fourth-order valence-electron chi connectivity index (χ4n) is 3.29. The van der Waals surface area contributed by atoms with E-state index in [4.69, 9.17) is 5.26 Å². The second kappa shape index (κ2) is 5.94. The van der Waals surface area contributed by atoms with Crippen molar-refractivity contribution >= 4 is 17.2 Å². The summed E-state index contributed by atoms with van der Waals surface area (Å²) in [6, 6.07) is 5.19. The van der Waals surface area contributed by atoms with Crippen LogP contribution in [0, 0.1) is 17.2 Å². The van der Waals surface area contributed by atoms with Crippen molar-refractivity contribution in [1.82, 2.24) is 9.61 Å². The zero-order valence-corrected chi connectivity index (χ0v) is 15.0. The molecule has 1 N–H and O–H groups in total. The molecule has 1 atom stereocenters. The summed E-state index contributed by atoms with van der Waals surface area (Å²) in [5.74, 6) is -10.6. The van der Waals surface area contributed by atoms with E-state index in [1.807, 2.05) is 26.8 Å². The van der Waals surface area contributed by atoms with Crippen molar-refractivity contribution in [2.45, 2.75) is 50.9 Å². The molecule has 9 heteroatoms. The summed E-state index contributed by atoms with van der Waals surface area (Å²) < 4.78 is 54.2. The number of hydrogen-bond acceptors (Lipinski definition) is 3. The maximum absolute atomic E-state index is 13.4. The Morgan fingerprint density at radius 3 is 2.59 bits per heavy atom. The molecular formula is C18H18F4N4O. The monoisotopic (exact) mass is 382 g/mol. The molecule has 144 valence electrons. The summed E-state index contributed by atoms with van der Waals surface area (Å²) in [5.41, 5.74) is 1.14. The van der Waals surface area contributed by atoms with Gasteiger partial charge in [0.2, 0.25) is 5.91 Å². The quantitative estimate of drug-likeness (QED) is 0.812. The van der Waals surface area contributed by atoms with Crippen LogP contribution in [-0.2, 0) is 10.2 Å². The first-order chi connectivity index (χ1) is 12.4. The molecule has 5 nitrogen and oxygen atoms in total. The highest BCUT2D eigenvalue weighted by Gasteiger charge is 2.71. The van der Waals surface area contributed by atoms with Gasteiger partial charge in [-0.25, -0.2) is 4.52 Å². The molecule has 0 spiro atoms. The molecule has 0 unspecified atom stereocenters. The van der Waals surface area contributed by atoms with Crippen molar-refractivity contribution in [2.75, 3.05) is 5.32 Å². The molecule has 0 saturated heterocycles. The van der Waals surface area contributed by atoms with E-state index in [0.29, 0.717) is 16.6 Å². The third-order valence-corrected chi connectivity index (χ3v) is 4.71. The van der Waals surface area contributed by atoms with Gasteiger partial charge in [-0.05, 0) is 17.5 Å². The van der Waals surface area contributed by atoms with Crippen molar-refractivity contribution in [2.24, 2.45) is 5.92 Å². The zero-order valence-electron chi connectivity index (χ0n) is 15.0. The summed E-state index contributed by atoms with van der Waals surface area (Å²) in [7, 11) is 0. The number of anilines is 1. The van der Waals surface area contributed by atoms with Gasteiger partial charge in [-0.15, -0.1) is 5.10 Å². The largest absolute Gasteiger partial charge is 0.313 e. The normalized spacial score (nSPS) is 20.7. The molecule has 1 saturated carbocycles. The summed E-state index contributed by atoms with van der Waals surface area (Å²) in [6.45, 7) is 5.62. The maximum atomic E-state index is 13.4. The molecule has 2 heterocycles. The number of hydrogen-bond donors (Lipinski definition) is 1. The highest BCUT2D eigenvalue weighted by atomic mass is 19.3. The lowest BCUT2D eigenvalue weighted by molar-refractivity contribution is -0.313. The summed E-state index contributed by atoms with van der Waals surface area (Å²) in [4.78, 5) is 12.2. The number of amides is 1. The Hall–Kier alpha value is -2.63. The molecule has 2 aromatic rings. The Labute approximate surface area is 153 Å². The topological polar surface area (TPSA) is 70.2 Å². The van der Waals surface area contributed by atoms with Crippen LogP contribution in [0.4, 0.5) is 23.4 Å². The molecule has 1 aliphatic rings. The van der Waals surface area contributed by atoms with Crippen LogP contribution < -0.4 is 5.32 Å². The number of pyridine rings is 1. The van der Waals surface area contributed by atoms with E-state index in [2.05, 4.69) is 10.4 Å². The Morgan fingerprint density at radius 1 is 1.41 bits per heavy atom. The number of carbonyl (C=O) groups excluding carboxylic acids is 1. The summed E-state index contributed by atoms with van der Waals surface area (Å²) in [5, 5.41) is 15.8. The molecule has 1 fully saturated rings. The van der Waals surface area contributed by atoms with Crippen LogP contribution in [0.2, 0.25) is 0 Å². The molecule has 1 aliphatic carbocycles. The SMILES string of the molecule is CC(C)(C)c1c(NC(=O)C[C@@H]2CC(F)(F)C2(F)F)nn2ccc(C#N)cc12. The number of nitriles is 1. The number of carbonyl (C=O) groups is 1. The average molecular weight is 382 g/mol. The van der Waals surface area contributed by atoms with Gasteiger partial charge < -0.3 is 5.32 Å². The number of aromatic nitrogens is 2. The lowest BCUT2D eigenvalue weighted by Crippen LogP contribution is -2.59. The van der Waals surface area contributed by atoms with Gasteiger partial charge >= 0.3 is 11.8 Å². The molecule has 27 heavy (non-hydrogen) atoms. The number of alkyl halides is 4. The predicted octanol–water partition coefficient (Wildman–Crippen LogP) is 4.12. The van der Waals surface area contributed by atoms with Gasteiger partial charge in [0.25, 0.3) is 0 Å². The standard InChI is InChI=1S/C18H18F4N4O/c1-16(2,3)14-12-6-10(9-23)4-5-26(12)25-15(14)24-13(27)7-11-8-17(19,20)18(11,21)22/h4-6,11H,7-8H2,1-3H3,(H,24,25,27)/t11-/m1/s1. The Balaban J connectivity index is 1.89. The molecule has 0 aromatic carbocycles. The number of nitrogens with one attached hydrogen (secondary N) is 1. The number of nitrogens with zero attached hydrogens (tertiary/aromatic N) is 3.